The smallest absolute Gasteiger partial charge is 0.119 e. The van der Waals surface area contributed by atoms with Crippen LogP contribution in [0.4, 0.5) is 0 Å². The van der Waals surface area contributed by atoms with Gasteiger partial charge in [0.25, 0.3) is 0 Å². The molecule has 2 rings (SSSR count). The van der Waals surface area contributed by atoms with Crippen molar-refractivity contribution in [2.75, 3.05) is 44.8 Å². The molecule has 3 N–H and O–H groups in total. The van der Waals surface area contributed by atoms with Gasteiger partial charge in [-0.05, 0) is 55.5 Å². The molecule has 142 valence electrons. The van der Waals surface area contributed by atoms with E-state index in [0.717, 1.165) is 44.8 Å². The number of nitrogens with one attached hydrogen (secondary N) is 1. The Balaban J connectivity index is 1.66. The van der Waals surface area contributed by atoms with Crippen molar-refractivity contribution in [2.45, 2.75) is 38.0 Å². The fraction of sp³-hybridized carbons (Fsp3) is 0.684. The van der Waals surface area contributed by atoms with E-state index >= 15 is 0 Å². The quantitative estimate of drug-likeness (QED) is 0.517. The topological polar surface area (TPSA) is 65.0 Å². The van der Waals surface area contributed by atoms with E-state index in [2.05, 4.69) is 22.5 Å². The van der Waals surface area contributed by atoms with Crippen molar-refractivity contribution in [3.05, 3.63) is 29.8 Å². The molecule has 1 heterocycles. The van der Waals surface area contributed by atoms with Crippen molar-refractivity contribution < 1.29 is 14.9 Å². The van der Waals surface area contributed by atoms with Crippen LogP contribution in [0.2, 0.25) is 0 Å². The molecule has 1 aromatic carbocycles. The second kappa shape index (κ2) is 11.8. The lowest BCUT2D eigenvalue weighted by atomic mass is 10.1. The van der Waals surface area contributed by atoms with Gasteiger partial charge in [-0.25, -0.2) is 0 Å². The van der Waals surface area contributed by atoms with Crippen molar-refractivity contribution >= 4 is 11.8 Å². The number of nitrogens with zero attached hydrogens (tertiary/aromatic N) is 1. The molecular formula is C19H32N2O3S. The van der Waals surface area contributed by atoms with Gasteiger partial charge in [-0.2, -0.15) is 11.8 Å². The van der Waals surface area contributed by atoms with Gasteiger partial charge in [0, 0.05) is 26.2 Å². The molecule has 1 aliphatic rings. The maximum atomic E-state index is 10.2. The Morgan fingerprint density at radius 1 is 1.36 bits per heavy atom. The summed E-state index contributed by atoms with van der Waals surface area (Å²) < 4.78 is 5.76. The molecule has 0 amide bonds. The van der Waals surface area contributed by atoms with Gasteiger partial charge in [-0.3, -0.25) is 0 Å². The number of β-amino-alcohol motifs (C(OH)–C–C–N with tert-alkyl or cyclic N) is 1. The van der Waals surface area contributed by atoms with Crippen LogP contribution in [0.5, 0.6) is 5.75 Å². The summed E-state index contributed by atoms with van der Waals surface area (Å²) in [5, 5.41) is 23.1. The minimum Gasteiger partial charge on any atom is -0.491 e. The number of aliphatic hydroxyl groups excluding tert-OH is 2. The molecule has 1 saturated heterocycles. The summed E-state index contributed by atoms with van der Waals surface area (Å²) in [6, 6.07) is 8.04. The van der Waals surface area contributed by atoms with Gasteiger partial charge in [0.05, 0.1) is 6.10 Å². The van der Waals surface area contributed by atoms with E-state index in [1.165, 1.54) is 17.7 Å². The second-order valence-electron chi connectivity index (χ2n) is 6.67. The van der Waals surface area contributed by atoms with E-state index in [0.29, 0.717) is 13.2 Å². The van der Waals surface area contributed by atoms with Crippen LogP contribution in [0.25, 0.3) is 0 Å². The Hall–Kier alpha value is -0.790. The van der Waals surface area contributed by atoms with Gasteiger partial charge in [0.1, 0.15) is 18.5 Å². The van der Waals surface area contributed by atoms with Crippen LogP contribution in [0.15, 0.2) is 24.3 Å². The standard InChI is InChI=1S/C19H32N2O3S/c1-25-11-3-8-20-13-16-4-2-5-19(12-16)24-15-18(23)14-21-9-6-17(22)7-10-21/h2,4-5,12,17-18,20,22-23H,3,6-11,13-15H2,1H3. The number of benzene rings is 1. The van der Waals surface area contributed by atoms with Crippen LogP contribution >= 0.6 is 11.8 Å². The number of hydrogen-bond acceptors (Lipinski definition) is 6. The summed E-state index contributed by atoms with van der Waals surface area (Å²) in [4.78, 5) is 2.19. The fourth-order valence-electron chi connectivity index (χ4n) is 2.96. The zero-order valence-corrected chi connectivity index (χ0v) is 16.0. The number of aliphatic hydroxyl groups is 2. The number of rotatable bonds is 11. The number of thioether (sulfide) groups is 1. The fourth-order valence-corrected chi connectivity index (χ4v) is 3.40. The third-order valence-corrected chi connectivity index (χ3v) is 5.09. The summed E-state index contributed by atoms with van der Waals surface area (Å²) in [5.41, 5.74) is 1.20. The number of hydrogen-bond donors (Lipinski definition) is 3. The average molecular weight is 369 g/mol. The van der Waals surface area contributed by atoms with E-state index in [4.69, 9.17) is 4.74 Å². The lowest BCUT2D eigenvalue weighted by Gasteiger charge is -2.30. The van der Waals surface area contributed by atoms with Gasteiger partial charge < -0.3 is 25.2 Å². The Kier molecular flexibility index (Phi) is 9.65. The van der Waals surface area contributed by atoms with Crippen molar-refractivity contribution in [3.8, 4) is 5.75 Å². The Bertz CT molecular complexity index is 481. The predicted octanol–water partition coefficient (Wildman–Crippen LogP) is 1.73. The molecule has 1 fully saturated rings. The van der Waals surface area contributed by atoms with Crippen LogP contribution in [0, 0.1) is 0 Å². The third-order valence-electron chi connectivity index (χ3n) is 4.40. The summed E-state index contributed by atoms with van der Waals surface area (Å²) in [6.45, 7) is 4.44. The lowest BCUT2D eigenvalue weighted by molar-refractivity contribution is 0.0337. The van der Waals surface area contributed by atoms with E-state index in [-0.39, 0.29) is 6.10 Å². The number of piperidine rings is 1. The number of likely N-dealkylation sites (tertiary alicyclic amines) is 1. The molecule has 0 aromatic heterocycles. The van der Waals surface area contributed by atoms with Crippen LogP contribution in [-0.2, 0) is 6.54 Å². The summed E-state index contributed by atoms with van der Waals surface area (Å²) in [5.74, 6) is 1.99. The Morgan fingerprint density at radius 3 is 2.92 bits per heavy atom. The van der Waals surface area contributed by atoms with Crippen LogP contribution in [0.1, 0.15) is 24.8 Å². The zero-order chi connectivity index (χ0) is 17.9. The predicted molar refractivity (Wildman–Crippen MR) is 104 cm³/mol. The Labute approximate surface area is 155 Å². The van der Waals surface area contributed by atoms with E-state index in [9.17, 15) is 10.2 Å². The van der Waals surface area contributed by atoms with Crippen LogP contribution < -0.4 is 10.1 Å². The highest BCUT2D eigenvalue weighted by atomic mass is 32.2. The third kappa shape index (κ3) is 8.42. The Morgan fingerprint density at radius 2 is 2.16 bits per heavy atom. The van der Waals surface area contributed by atoms with Crippen LogP contribution in [0.3, 0.4) is 0 Å². The molecule has 0 spiro atoms. The summed E-state index contributed by atoms with van der Waals surface area (Å²) in [7, 11) is 0. The molecule has 1 aromatic rings. The first-order valence-electron chi connectivity index (χ1n) is 9.17. The first-order valence-corrected chi connectivity index (χ1v) is 10.6. The molecule has 1 atom stereocenters. The van der Waals surface area contributed by atoms with Gasteiger partial charge in [-0.15, -0.1) is 0 Å². The molecule has 0 aliphatic carbocycles. The van der Waals surface area contributed by atoms with Crippen molar-refractivity contribution in [1.82, 2.24) is 10.2 Å². The first-order chi connectivity index (χ1) is 12.2. The maximum Gasteiger partial charge on any atom is 0.119 e. The van der Waals surface area contributed by atoms with Crippen molar-refractivity contribution in [3.63, 3.8) is 0 Å². The lowest BCUT2D eigenvalue weighted by Crippen LogP contribution is -2.41. The summed E-state index contributed by atoms with van der Waals surface area (Å²) in [6.07, 6.45) is 4.20. The highest BCUT2D eigenvalue weighted by molar-refractivity contribution is 7.98. The van der Waals surface area contributed by atoms with Gasteiger partial charge in [0.15, 0.2) is 0 Å². The van der Waals surface area contributed by atoms with Crippen molar-refractivity contribution in [2.24, 2.45) is 0 Å². The largest absolute Gasteiger partial charge is 0.491 e. The van der Waals surface area contributed by atoms with Crippen LogP contribution in [-0.4, -0.2) is 72.1 Å². The average Bonchev–Trinajstić information content (AvgIpc) is 2.62. The molecule has 0 bridgehead atoms. The second-order valence-corrected chi connectivity index (χ2v) is 7.65. The molecular weight excluding hydrogens is 336 g/mol. The highest BCUT2D eigenvalue weighted by Crippen LogP contribution is 2.14. The maximum absolute atomic E-state index is 10.2. The van der Waals surface area contributed by atoms with E-state index in [1.54, 1.807) is 0 Å². The molecule has 5 nitrogen and oxygen atoms in total. The minimum absolute atomic E-state index is 0.179. The van der Waals surface area contributed by atoms with Gasteiger partial charge >= 0.3 is 0 Å². The molecule has 6 heteroatoms. The monoisotopic (exact) mass is 368 g/mol. The van der Waals surface area contributed by atoms with Gasteiger partial charge in [-0.1, -0.05) is 12.1 Å². The molecule has 1 aliphatic heterocycles. The normalized spacial score (nSPS) is 17.6. The first kappa shape index (κ1) is 20.5. The molecule has 0 saturated carbocycles. The van der Waals surface area contributed by atoms with Crippen molar-refractivity contribution in [1.29, 1.82) is 0 Å². The highest BCUT2D eigenvalue weighted by Gasteiger charge is 2.19. The SMILES string of the molecule is CSCCCNCc1cccc(OCC(O)CN2CCC(O)CC2)c1. The zero-order valence-electron chi connectivity index (χ0n) is 15.2. The molecule has 1 unspecified atom stereocenters. The van der Waals surface area contributed by atoms with Gasteiger partial charge in [0.2, 0.25) is 0 Å². The number of ether oxygens (including phenoxy) is 1. The summed E-state index contributed by atoms with van der Waals surface area (Å²) >= 11 is 1.87. The minimum atomic E-state index is -0.511. The molecule has 0 radical (unpaired) electrons. The van der Waals surface area contributed by atoms with E-state index in [1.807, 2.05) is 30.0 Å². The molecule has 25 heavy (non-hydrogen) atoms. The van der Waals surface area contributed by atoms with E-state index < -0.39 is 6.10 Å².